The molecule has 1 aliphatic carbocycles. The number of aromatic nitrogens is 2. The Kier molecular flexibility index (Phi) is 7.29. The zero-order valence-corrected chi connectivity index (χ0v) is 22.8. The number of nitrogens with zero attached hydrogens (tertiary/aromatic N) is 4. The van der Waals surface area contributed by atoms with Crippen LogP contribution in [0.25, 0.3) is 0 Å². The number of aliphatic carboxylic acids is 1. The zero-order valence-electron chi connectivity index (χ0n) is 20.6. The van der Waals surface area contributed by atoms with Crippen molar-refractivity contribution in [1.29, 1.82) is 0 Å². The van der Waals surface area contributed by atoms with Crippen molar-refractivity contribution in [1.82, 2.24) is 14.9 Å². The fourth-order valence-corrected chi connectivity index (χ4v) is 6.61. The maximum atomic E-state index is 11.5. The molecule has 3 heterocycles. The molecule has 194 valence electrons. The smallest absolute Gasteiger partial charge is 0.309 e. The van der Waals surface area contributed by atoms with Crippen molar-refractivity contribution in [2.24, 2.45) is 17.3 Å². The van der Waals surface area contributed by atoms with Crippen molar-refractivity contribution in [3.05, 3.63) is 45.0 Å². The van der Waals surface area contributed by atoms with Gasteiger partial charge in [-0.1, -0.05) is 40.9 Å². The molecule has 0 spiro atoms. The molecule has 10 heteroatoms. The summed E-state index contributed by atoms with van der Waals surface area (Å²) in [5.74, 6) is 1.82. The molecular formula is C26H32Cl3N5O2. The van der Waals surface area contributed by atoms with Crippen LogP contribution in [0.4, 0.5) is 11.8 Å². The quantitative estimate of drug-likeness (QED) is 0.435. The molecule has 3 fully saturated rings. The van der Waals surface area contributed by atoms with Gasteiger partial charge in [-0.15, -0.1) is 0 Å². The average Bonchev–Trinajstić information content (AvgIpc) is 2.78. The van der Waals surface area contributed by atoms with Crippen LogP contribution in [-0.4, -0.2) is 58.2 Å². The normalized spacial score (nSPS) is 27.8. The number of benzene rings is 1. The summed E-state index contributed by atoms with van der Waals surface area (Å²) in [6.07, 6.45) is 5.58. The van der Waals surface area contributed by atoms with E-state index in [1.54, 1.807) is 12.3 Å². The number of halogens is 3. The maximum absolute atomic E-state index is 11.5. The second-order valence-electron chi connectivity index (χ2n) is 10.9. The molecule has 7 nitrogen and oxygen atoms in total. The molecule has 1 aromatic heterocycles. The van der Waals surface area contributed by atoms with Crippen molar-refractivity contribution in [2.75, 3.05) is 36.4 Å². The molecule has 3 aliphatic rings. The monoisotopic (exact) mass is 551 g/mol. The first-order chi connectivity index (χ1) is 17.1. The summed E-state index contributed by atoms with van der Waals surface area (Å²) in [7, 11) is 0. The van der Waals surface area contributed by atoms with Crippen LogP contribution in [0.15, 0.2) is 24.4 Å². The Hall–Kier alpha value is -1.80. The van der Waals surface area contributed by atoms with Gasteiger partial charge in [0.15, 0.2) is 5.82 Å². The van der Waals surface area contributed by atoms with Crippen LogP contribution >= 0.6 is 34.8 Å². The molecular weight excluding hydrogens is 521 g/mol. The number of carboxylic acid groups (broad SMARTS) is 1. The van der Waals surface area contributed by atoms with E-state index in [9.17, 15) is 9.90 Å². The van der Waals surface area contributed by atoms with Crippen molar-refractivity contribution >= 4 is 52.5 Å². The van der Waals surface area contributed by atoms with E-state index in [1.165, 1.54) is 12.8 Å². The number of anilines is 2. The fraction of sp³-hybridized carbons (Fsp3) is 0.577. The third kappa shape index (κ3) is 5.13. The van der Waals surface area contributed by atoms with E-state index in [-0.39, 0.29) is 6.04 Å². The Morgan fingerprint density at radius 2 is 1.92 bits per heavy atom. The van der Waals surface area contributed by atoms with Gasteiger partial charge >= 0.3 is 5.97 Å². The molecule has 1 saturated carbocycles. The first-order valence-corrected chi connectivity index (χ1v) is 13.7. The van der Waals surface area contributed by atoms with Gasteiger partial charge in [0.1, 0.15) is 5.02 Å². The maximum Gasteiger partial charge on any atom is 0.309 e. The van der Waals surface area contributed by atoms with Gasteiger partial charge in [-0.2, -0.15) is 4.98 Å². The number of likely N-dealkylation sites (tertiary alicyclic amines) is 1. The van der Waals surface area contributed by atoms with Crippen LogP contribution < -0.4 is 10.2 Å². The molecule has 2 aromatic rings. The van der Waals surface area contributed by atoms with E-state index in [1.807, 2.05) is 26.0 Å². The van der Waals surface area contributed by atoms with Crippen LogP contribution in [0.1, 0.15) is 51.1 Å². The Morgan fingerprint density at radius 1 is 1.17 bits per heavy atom. The minimum Gasteiger partial charge on any atom is -0.481 e. The average molecular weight is 553 g/mol. The number of rotatable bonds is 7. The highest BCUT2D eigenvalue weighted by Crippen LogP contribution is 2.45. The van der Waals surface area contributed by atoms with Crippen molar-refractivity contribution in [3.8, 4) is 0 Å². The fourth-order valence-electron chi connectivity index (χ4n) is 5.89. The van der Waals surface area contributed by atoms with E-state index >= 15 is 0 Å². The summed E-state index contributed by atoms with van der Waals surface area (Å²) in [6.45, 7) is 7.87. The molecule has 36 heavy (non-hydrogen) atoms. The molecule has 1 unspecified atom stereocenters. The van der Waals surface area contributed by atoms with E-state index in [0.717, 1.165) is 44.6 Å². The molecule has 0 amide bonds. The van der Waals surface area contributed by atoms with Gasteiger partial charge < -0.3 is 20.2 Å². The van der Waals surface area contributed by atoms with Gasteiger partial charge in [0.2, 0.25) is 5.95 Å². The Bertz CT molecular complexity index is 1140. The van der Waals surface area contributed by atoms with E-state index < -0.39 is 11.4 Å². The van der Waals surface area contributed by atoms with Crippen LogP contribution in [0, 0.1) is 17.3 Å². The van der Waals surface area contributed by atoms with Crippen LogP contribution in [-0.2, 0) is 4.79 Å². The minimum atomic E-state index is -0.663. The predicted molar refractivity (Wildman–Crippen MR) is 144 cm³/mol. The lowest BCUT2D eigenvalue weighted by Crippen LogP contribution is -2.58. The van der Waals surface area contributed by atoms with E-state index in [2.05, 4.69) is 20.1 Å². The standard InChI is InChI=1S/C26H32Cl3N5O2/c1-15(20-6-5-18(27)8-21(20)28)31-23-22(29)11-30-25(32-23)34-13-17(14-34)16-4-3-7-33(12-16)19-9-26(2,10-19)24(35)36/h5-6,8,11,15-17,19H,3-4,7,9-10,12-14H2,1-2H3,(H,35,36)(H,30,31,32)/t15?,16-,19?,26?/m0/s1. The van der Waals surface area contributed by atoms with Gasteiger partial charge in [0, 0.05) is 35.7 Å². The topological polar surface area (TPSA) is 81.6 Å². The number of hydrogen-bond donors (Lipinski definition) is 2. The third-order valence-corrected chi connectivity index (χ3v) is 9.11. The molecule has 1 aromatic carbocycles. The van der Waals surface area contributed by atoms with Gasteiger partial charge in [0.25, 0.3) is 0 Å². The minimum absolute atomic E-state index is 0.109. The summed E-state index contributed by atoms with van der Waals surface area (Å²) in [4.78, 5) is 25.4. The lowest BCUT2D eigenvalue weighted by Gasteiger charge is -2.52. The second-order valence-corrected chi connectivity index (χ2v) is 12.1. The second kappa shape index (κ2) is 10.2. The lowest BCUT2D eigenvalue weighted by atomic mass is 9.65. The number of nitrogens with one attached hydrogen (secondary N) is 1. The van der Waals surface area contributed by atoms with Gasteiger partial charge in [-0.25, -0.2) is 4.98 Å². The predicted octanol–water partition coefficient (Wildman–Crippen LogP) is 6.01. The Balaban J connectivity index is 1.17. The van der Waals surface area contributed by atoms with Gasteiger partial charge in [-0.05, 0) is 75.6 Å². The summed E-state index contributed by atoms with van der Waals surface area (Å²) in [5.41, 5.74) is 0.372. The highest BCUT2D eigenvalue weighted by atomic mass is 35.5. The zero-order chi connectivity index (χ0) is 25.6. The van der Waals surface area contributed by atoms with E-state index in [4.69, 9.17) is 39.8 Å². The lowest BCUT2D eigenvalue weighted by molar-refractivity contribution is -0.158. The Labute approximate surface area is 227 Å². The highest BCUT2D eigenvalue weighted by Gasteiger charge is 2.49. The first-order valence-electron chi connectivity index (χ1n) is 12.6. The summed E-state index contributed by atoms with van der Waals surface area (Å²) in [5, 5.41) is 14.5. The Morgan fingerprint density at radius 3 is 2.61 bits per heavy atom. The van der Waals surface area contributed by atoms with E-state index in [0.29, 0.717) is 44.7 Å². The van der Waals surface area contributed by atoms with Crippen LogP contribution in [0.5, 0.6) is 0 Å². The molecule has 5 rings (SSSR count). The third-order valence-electron chi connectivity index (χ3n) is 8.27. The van der Waals surface area contributed by atoms with Gasteiger partial charge in [0.05, 0.1) is 17.7 Å². The first kappa shape index (κ1) is 25.8. The number of piperidine rings is 1. The molecule has 2 aliphatic heterocycles. The molecule has 2 N–H and O–H groups in total. The number of hydrogen-bond acceptors (Lipinski definition) is 6. The summed E-state index contributed by atoms with van der Waals surface area (Å²) < 4.78 is 0. The summed E-state index contributed by atoms with van der Waals surface area (Å²) >= 11 is 18.8. The molecule has 0 bridgehead atoms. The number of carboxylic acids is 1. The number of carbonyl (C=O) groups is 1. The molecule has 0 radical (unpaired) electrons. The molecule has 2 saturated heterocycles. The largest absolute Gasteiger partial charge is 0.481 e. The summed E-state index contributed by atoms with van der Waals surface area (Å²) in [6, 6.07) is 5.75. The van der Waals surface area contributed by atoms with Crippen LogP contribution in [0.3, 0.4) is 0 Å². The van der Waals surface area contributed by atoms with Gasteiger partial charge in [-0.3, -0.25) is 4.79 Å². The highest BCUT2D eigenvalue weighted by molar-refractivity contribution is 6.35. The van der Waals surface area contributed by atoms with Crippen LogP contribution in [0.2, 0.25) is 15.1 Å². The van der Waals surface area contributed by atoms with Crippen molar-refractivity contribution in [3.63, 3.8) is 0 Å². The van der Waals surface area contributed by atoms with Crippen molar-refractivity contribution < 1.29 is 9.90 Å². The SMILES string of the molecule is CC(Nc1nc(N2CC([C@H]3CCCN(C4CC(C)(C(=O)O)C4)C3)C2)ncc1Cl)c1ccc(Cl)cc1Cl. The molecule has 2 atom stereocenters. The van der Waals surface area contributed by atoms with Crippen molar-refractivity contribution in [2.45, 2.75) is 51.6 Å².